The maximum Gasteiger partial charge on any atom is 0.410 e. The molecule has 8 heteroatoms. The number of carbonyl (C=O) groups is 1. The summed E-state index contributed by atoms with van der Waals surface area (Å²) in [4.78, 5) is 23.6. The number of aliphatic hydroxyl groups is 1. The van der Waals surface area contributed by atoms with Crippen LogP contribution < -0.4 is 0 Å². The van der Waals surface area contributed by atoms with Crippen molar-refractivity contribution in [2.24, 2.45) is 0 Å². The van der Waals surface area contributed by atoms with Crippen molar-refractivity contribution in [2.45, 2.75) is 50.9 Å². The molecule has 0 aliphatic carbocycles. The van der Waals surface area contributed by atoms with E-state index in [1.54, 1.807) is 20.8 Å². The Morgan fingerprint density at radius 3 is 2.65 bits per heavy atom. The third-order valence-electron chi connectivity index (χ3n) is 3.28. The number of carbonyl (C=O) groups excluding carboxylic acids is 1. The van der Waals surface area contributed by atoms with Crippen LogP contribution >= 0.6 is 0 Å². The summed E-state index contributed by atoms with van der Waals surface area (Å²) in [5.74, 6) is 0. The molecule has 0 aromatic carbocycles. The van der Waals surface area contributed by atoms with Crippen LogP contribution in [0.4, 0.5) is 9.18 Å². The highest BCUT2D eigenvalue weighted by Crippen LogP contribution is 2.29. The van der Waals surface area contributed by atoms with Crippen LogP contribution in [-0.2, 0) is 4.74 Å². The van der Waals surface area contributed by atoms with Gasteiger partial charge in [0, 0.05) is 17.9 Å². The summed E-state index contributed by atoms with van der Waals surface area (Å²) >= 11 is 0. The summed E-state index contributed by atoms with van der Waals surface area (Å²) in [5, 5.41) is 20.9. The van der Waals surface area contributed by atoms with Crippen LogP contribution in [0.25, 0.3) is 0 Å². The summed E-state index contributed by atoms with van der Waals surface area (Å²) in [6.45, 7) is 3.79. The molecule has 0 saturated carbocycles. The number of likely N-dealkylation sites (tertiary alicyclic amines) is 1. The maximum atomic E-state index is 12.7. The van der Waals surface area contributed by atoms with Crippen LogP contribution in [-0.4, -0.2) is 58.0 Å². The smallest absolute Gasteiger partial charge is 0.410 e. The average Bonchev–Trinajstić information content (AvgIpc) is 2.35. The van der Waals surface area contributed by atoms with Gasteiger partial charge >= 0.3 is 6.09 Å². The van der Waals surface area contributed by atoms with Gasteiger partial charge in [-0.25, -0.2) is 9.18 Å². The molecule has 0 bridgehead atoms. The van der Waals surface area contributed by atoms with Gasteiger partial charge in [-0.2, -0.15) is 0 Å². The molecule has 116 valence electrons. The van der Waals surface area contributed by atoms with E-state index in [0.717, 1.165) is 4.90 Å². The molecular weight excluding hydrogens is 271 g/mol. The van der Waals surface area contributed by atoms with Gasteiger partial charge in [0.1, 0.15) is 12.3 Å². The van der Waals surface area contributed by atoms with Gasteiger partial charge in [0.25, 0.3) is 5.54 Å². The Morgan fingerprint density at radius 2 is 2.20 bits per heavy atom. The van der Waals surface area contributed by atoms with Crippen LogP contribution in [0.15, 0.2) is 0 Å². The van der Waals surface area contributed by atoms with Crippen molar-refractivity contribution in [3.05, 3.63) is 10.1 Å². The number of hydrogen-bond donors (Lipinski definition) is 1. The summed E-state index contributed by atoms with van der Waals surface area (Å²) in [7, 11) is 0. The van der Waals surface area contributed by atoms with E-state index >= 15 is 0 Å². The van der Waals surface area contributed by atoms with E-state index in [-0.39, 0.29) is 13.0 Å². The quantitative estimate of drug-likeness (QED) is 0.626. The van der Waals surface area contributed by atoms with E-state index in [1.165, 1.54) is 0 Å². The van der Waals surface area contributed by atoms with Crippen molar-refractivity contribution in [1.82, 2.24) is 4.90 Å². The number of ether oxygens (including phenoxy) is 1. The minimum Gasteiger partial charge on any atom is -0.444 e. The van der Waals surface area contributed by atoms with E-state index < -0.39 is 34.9 Å². The number of piperidine rings is 1. The lowest BCUT2D eigenvalue weighted by atomic mass is 9.85. The Bertz CT molecular complexity index is 385. The minimum absolute atomic E-state index is 0.0321. The van der Waals surface area contributed by atoms with Crippen molar-refractivity contribution in [1.29, 1.82) is 0 Å². The second-order valence-corrected chi connectivity index (χ2v) is 6.04. The number of amides is 1. The summed E-state index contributed by atoms with van der Waals surface area (Å²) in [6, 6.07) is 0. The summed E-state index contributed by atoms with van der Waals surface area (Å²) in [6.07, 6.45) is -2.07. The predicted octanol–water partition coefficient (Wildman–Crippen LogP) is 1.36. The number of hydrogen-bond acceptors (Lipinski definition) is 5. The Labute approximate surface area is 116 Å². The lowest BCUT2D eigenvalue weighted by molar-refractivity contribution is -0.587. The summed E-state index contributed by atoms with van der Waals surface area (Å²) in [5.41, 5.74) is -2.57. The molecule has 0 spiro atoms. The molecule has 0 aromatic rings. The first kappa shape index (κ1) is 16.6. The zero-order valence-corrected chi connectivity index (χ0v) is 12.0. The van der Waals surface area contributed by atoms with Gasteiger partial charge in [-0.05, 0) is 27.2 Å². The maximum absolute atomic E-state index is 12.7. The van der Waals surface area contributed by atoms with E-state index in [4.69, 9.17) is 4.74 Å². The highest BCUT2D eigenvalue weighted by Gasteiger charge is 2.54. The third kappa shape index (κ3) is 3.56. The van der Waals surface area contributed by atoms with E-state index in [1.807, 2.05) is 0 Å². The molecule has 1 aliphatic heterocycles. The Kier molecular flexibility index (Phi) is 4.90. The molecule has 1 saturated heterocycles. The number of nitrogens with zero attached hydrogens (tertiary/aromatic N) is 2. The van der Waals surface area contributed by atoms with Crippen LogP contribution in [0.1, 0.15) is 33.6 Å². The third-order valence-corrected chi connectivity index (χ3v) is 3.28. The van der Waals surface area contributed by atoms with E-state index in [0.29, 0.717) is 13.0 Å². The van der Waals surface area contributed by atoms with Crippen molar-refractivity contribution < 1.29 is 24.0 Å². The van der Waals surface area contributed by atoms with E-state index in [9.17, 15) is 24.4 Å². The Balaban J connectivity index is 2.88. The fourth-order valence-corrected chi connectivity index (χ4v) is 2.23. The highest BCUT2D eigenvalue weighted by molar-refractivity contribution is 5.68. The lowest BCUT2D eigenvalue weighted by Crippen LogP contribution is -2.61. The SMILES string of the molecule is CC(C)(C)OC(=O)N1CCCC(C(O)CF)([N+](=O)[O-])C1. The average molecular weight is 292 g/mol. The topological polar surface area (TPSA) is 92.9 Å². The minimum atomic E-state index is -1.86. The van der Waals surface area contributed by atoms with Crippen molar-refractivity contribution in [3.8, 4) is 0 Å². The number of alkyl halides is 1. The molecule has 1 fully saturated rings. The summed E-state index contributed by atoms with van der Waals surface area (Å²) < 4.78 is 17.8. The van der Waals surface area contributed by atoms with Gasteiger partial charge < -0.3 is 14.7 Å². The zero-order chi connectivity index (χ0) is 15.6. The molecule has 2 atom stereocenters. The number of aliphatic hydroxyl groups excluding tert-OH is 1. The molecule has 1 amide bonds. The number of halogens is 1. The molecule has 0 radical (unpaired) electrons. The van der Waals surface area contributed by atoms with Gasteiger partial charge in [0.05, 0.1) is 6.54 Å². The fraction of sp³-hybridized carbons (Fsp3) is 0.917. The fourth-order valence-electron chi connectivity index (χ4n) is 2.23. The largest absolute Gasteiger partial charge is 0.444 e. The lowest BCUT2D eigenvalue weighted by Gasteiger charge is -2.38. The molecule has 1 N–H and O–H groups in total. The molecule has 20 heavy (non-hydrogen) atoms. The van der Waals surface area contributed by atoms with Gasteiger partial charge in [-0.3, -0.25) is 10.1 Å². The molecule has 1 rings (SSSR count). The Hall–Kier alpha value is -1.44. The molecular formula is C12H21FN2O5. The molecule has 0 aromatic heterocycles. The Morgan fingerprint density at radius 1 is 1.60 bits per heavy atom. The normalized spacial score (nSPS) is 25.1. The number of nitro groups is 1. The second-order valence-electron chi connectivity index (χ2n) is 6.04. The zero-order valence-electron chi connectivity index (χ0n) is 12.0. The van der Waals surface area contributed by atoms with Crippen molar-refractivity contribution >= 4 is 6.09 Å². The van der Waals surface area contributed by atoms with Crippen LogP contribution in [0.5, 0.6) is 0 Å². The highest BCUT2D eigenvalue weighted by atomic mass is 19.1. The first-order chi connectivity index (χ1) is 9.12. The van der Waals surface area contributed by atoms with Gasteiger partial charge in [0.15, 0.2) is 6.10 Å². The molecule has 1 heterocycles. The first-order valence-electron chi connectivity index (χ1n) is 6.49. The molecule has 2 unspecified atom stereocenters. The second kappa shape index (κ2) is 5.90. The molecule has 1 aliphatic rings. The first-order valence-corrected chi connectivity index (χ1v) is 6.49. The van der Waals surface area contributed by atoms with Crippen molar-refractivity contribution in [2.75, 3.05) is 19.8 Å². The van der Waals surface area contributed by atoms with Crippen LogP contribution in [0, 0.1) is 10.1 Å². The van der Waals surface area contributed by atoms with Gasteiger partial charge in [0.2, 0.25) is 0 Å². The van der Waals surface area contributed by atoms with E-state index in [2.05, 4.69) is 0 Å². The molecule has 7 nitrogen and oxygen atoms in total. The van der Waals surface area contributed by atoms with Gasteiger partial charge in [-0.15, -0.1) is 0 Å². The number of rotatable bonds is 3. The standard InChI is InChI=1S/C12H21FN2O5/c1-11(2,3)20-10(17)14-6-4-5-12(8-14,15(18)19)9(16)7-13/h9,16H,4-8H2,1-3H3. The van der Waals surface area contributed by atoms with Gasteiger partial charge in [-0.1, -0.05) is 0 Å². The van der Waals surface area contributed by atoms with Crippen LogP contribution in [0.3, 0.4) is 0 Å². The predicted molar refractivity (Wildman–Crippen MR) is 68.7 cm³/mol. The van der Waals surface area contributed by atoms with Crippen molar-refractivity contribution in [3.63, 3.8) is 0 Å². The van der Waals surface area contributed by atoms with Crippen LogP contribution in [0.2, 0.25) is 0 Å². The monoisotopic (exact) mass is 292 g/mol.